The molecule has 0 aromatic heterocycles. The first kappa shape index (κ1) is 7.03. The fraction of sp³-hybridized carbons (Fsp3) is 1.00. The Bertz CT molecular complexity index is 90.9. The molecule has 0 aromatic rings. The molecular formula is C7H14O2. The van der Waals surface area contributed by atoms with Crippen LogP contribution < -0.4 is 0 Å². The summed E-state index contributed by atoms with van der Waals surface area (Å²) in [5.41, 5.74) is 0. The van der Waals surface area contributed by atoms with Crippen molar-refractivity contribution in [3.05, 3.63) is 0 Å². The summed E-state index contributed by atoms with van der Waals surface area (Å²) >= 11 is 0. The number of rotatable bonds is 1. The molecule has 0 saturated heterocycles. The summed E-state index contributed by atoms with van der Waals surface area (Å²) in [6.07, 6.45) is 2.35. The van der Waals surface area contributed by atoms with Crippen LogP contribution in [0.5, 0.6) is 0 Å². The van der Waals surface area contributed by atoms with Gasteiger partial charge < -0.3 is 10.2 Å². The van der Waals surface area contributed by atoms with Crippen LogP contribution in [0.1, 0.15) is 26.2 Å². The molecule has 2 nitrogen and oxygen atoms in total. The van der Waals surface area contributed by atoms with E-state index in [1.54, 1.807) is 6.92 Å². The topological polar surface area (TPSA) is 40.5 Å². The van der Waals surface area contributed by atoms with E-state index in [2.05, 4.69) is 0 Å². The van der Waals surface area contributed by atoms with Crippen molar-refractivity contribution in [2.24, 2.45) is 5.92 Å². The lowest BCUT2D eigenvalue weighted by atomic mass is 10.0. The van der Waals surface area contributed by atoms with E-state index in [1.165, 1.54) is 0 Å². The van der Waals surface area contributed by atoms with Gasteiger partial charge in [-0.2, -0.15) is 0 Å². The molecule has 2 heteroatoms. The SMILES string of the molecule is C[C@@H](O)[C@H]1CCC[C@@H]1O. The molecule has 0 radical (unpaired) electrons. The molecule has 1 saturated carbocycles. The zero-order chi connectivity index (χ0) is 6.85. The molecule has 0 heterocycles. The van der Waals surface area contributed by atoms with Gasteiger partial charge in [0.15, 0.2) is 0 Å². The van der Waals surface area contributed by atoms with Crippen LogP contribution in [0, 0.1) is 5.92 Å². The van der Waals surface area contributed by atoms with E-state index in [0.29, 0.717) is 0 Å². The van der Waals surface area contributed by atoms with E-state index in [-0.39, 0.29) is 18.1 Å². The van der Waals surface area contributed by atoms with Crippen molar-refractivity contribution in [3.8, 4) is 0 Å². The highest BCUT2D eigenvalue weighted by Crippen LogP contribution is 2.27. The average Bonchev–Trinajstić information content (AvgIpc) is 2.13. The van der Waals surface area contributed by atoms with Crippen LogP contribution in [0.25, 0.3) is 0 Å². The Labute approximate surface area is 55.5 Å². The van der Waals surface area contributed by atoms with Crippen LogP contribution in [0.2, 0.25) is 0 Å². The predicted molar refractivity (Wildman–Crippen MR) is 35.0 cm³/mol. The fourth-order valence-corrected chi connectivity index (χ4v) is 1.53. The summed E-state index contributed by atoms with van der Waals surface area (Å²) in [5, 5.41) is 18.3. The quantitative estimate of drug-likeness (QED) is 0.543. The van der Waals surface area contributed by atoms with Crippen molar-refractivity contribution in [2.75, 3.05) is 0 Å². The predicted octanol–water partition coefficient (Wildman–Crippen LogP) is 0.528. The Morgan fingerprint density at radius 3 is 2.33 bits per heavy atom. The van der Waals surface area contributed by atoms with E-state index in [1.807, 2.05) is 0 Å². The standard InChI is InChI=1S/C7H14O2/c1-5(8)6-3-2-4-7(6)9/h5-9H,2-4H2,1H3/t5-,6-,7+/m1/s1. The third-order valence-electron chi connectivity index (χ3n) is 2.15. The molecule has 1 aliphatic rings. The zero-order valence-electron chi connectivity index (χ0n) is 5.75. The molecule has 2 N–H and O–H groups in total. The molecule has 0 unspecified atom stereocenters. The number of aliphatic hydroxyl groups is 2. The summed E-state index contributed by atoms with van der Waals surface area (Å²) in [6, 6.07) is 0. The Kier molecular flexibility index (Phi) is 2.09. The molecule has 0 aromatic carbocycles. The molecule has 0 aliphatic heterocycles. The molecule has 1 fully saturated rings. The number of hydrogen-bond acceptors (Lipinski definition) is 2. The molecule has 0 bridgehead atoms. The van der Waals surface area contributed by atoms with Gasteiger partial charge >= 0.3 is 0 Å². The lowest BCUT2D eigenvalue weighted by molar-refractivity contribution is 0.0420. The van der Waals surface area contributed by atoms with Crippen LogP contribution in [0.4, 0.5) is 0 Å². The first-order chi connectivity index (χ1) is 4.22. The van der Waals surface area contributed by atoms with Gasteiger partial charge in [-0.1, -0.05) is 6.42 Å². The van der Waals surface area contributed by atoms with Crippen LogP contribution in [-0.2, 0) is 0 Å². The van der Waals surface area contributed by atoms with E-state index >= 15 is 0 Å². The summed E-state index contributed by atoms with van der Waals surface area (Å²) in [4.78, 5) is 0. The van der Waals surface area contributed by atoms with Gasteiger partial charge in [0.1, 0.15) is 0 Å². The minimum Gasteiger partial charge on any atom is -0.393 e. The Balaban J connectivity index is 2.40. The highest BCUT2D eigenvalue weighted by atomic mass is 16.3. The molecule has 54 valence electrons. The van der Waals surface area contributed by atoms with Crippen molar-refractivity contribution in [3.63, 3.8) is 0 Å². The minimum absolute atomic E-state index is 0.144. The van der Waals surface area contributed by atoms with Crippen LogP contribution >= 0.6 is 0 Å². The Hall–Kier alpha value is -0.0800. The van der Waals surface area contributed by atoms with Crippen molar-refractivity contribution in [2.45, 2.75) is 38.4 Å². The summed E-state index contributed by atoms with van der Waals surface area (Å²) in [7, 11) is 0. The molecule has 1 aliphatic carbocycles. The molecule has 0 spiro atoms. The first-order valence-corrected chi connectivity index (χ1v) is 3.58. The Morgan fingerprint density at radius 2 is 2.11 bits per heavy atom. The Morgan fingerprint density at radius 1 is 1.44 bits per heavy atom. The van der Waals surface area contributed by atoms with Gasteiger partial charge in [-0.05, 0) is 19.8 Å². The van der Waals surface area contributed by atoms with Gasteiger partial charge in [-0.3, -0.25) is 0 Å². The molecule has 0 amide bonds. The largest absolute Gasteiger partial charge is 0.393 e. The van der Waals surface area contributed by atoms with E-state index < -0.39 is 0 Å². The smallest absolute Gasteiger partial charge is 0.0593 e. The van der Waals surface area contributed by atoms with Gasteiger partial charge in [-0.15, -0.1) is 0 Å². The maximum absolute atomic E-state index is 9.20. The lowest BCUT2D eigenvalue weighted by Gasteiger charge is -2.16. The number of hydrogen-bond donors (Lipinski definition) is 2. The van der Waals surface area contributed by atoms with E-state index in [0.717, 1.165) is 19.3 Å². The van der Waals surface area contributed by atoms with Crippen LogP contribution in [-0.4, -0.2) is 22.4 Å². The van der Waals surface area contributed by atoms with Gasteiger partial charge in [0.05, 0.1) is 12.2 Å². The third-order valence-corrected chi connectivity index (χ3v) is 2.15. The molecule has 1 rings (SSSR count). The van der Waals surface area contributed by atoms with Crippen LogP contribution in [0.3, 0.4) is 0 Å². The van der Waals surface area contributed by atoms with E-state index in [9.17, 15) is 5.11 Å². The fourth-order valence-electron chi connectivity index (χ4n) is 1.53. The number of aliphatic hydroxyl groups excluding tert-OH is 2. The van der Waals surface area contributed by atoms with Crippen molar-refractivity contribution < 1.29 is 10.2 Å². The summed E-state index contributed by atoms with van der Waals surface area (Å²) < 4.78 is 0. The highest BCUT2D eigenvalue weighted by molar-refractivity contribution is 4.79. The van der Waals surface area contributed by atoms with Gasteiger partial charge in [0, 0.05) is 5.92 Å². The summed E-state index contributed by atoms with van der Waals surface area (Å²) in [6.45, 7) is 1.75. The second-order valence-corrected chi connectivity index (χ2v) is 2.90. The normalized spacial score (nSPS) is 39.0. The van der Waals surface area contributed by atoms with Crippen molar-refractivity contribution >= 4 is 0 Å². The molecule has 9 heavy (non-hydrogen) atoms. The second kappa shape index (κ2) is 2.67. The van der Waals surface area contributed by atoms with Crippen molar-refractivity contribution in [1.82, 2.24) is 0 Å². The van der Waals surface area contributed by atoms with Gasteiger partial charge in [0.25, 0.3) is 0 Å². The van der Waals surface area contributed by atoms with Gasteiger partial charge in [-0.25, -0.2) is 0 Å². The lowest BCUT2D eigenvalue weighted by Crippen LogP contribution is -2.24. The summed E-state index contributed by atoms with van der Waals surface area (Å²) in [5.74, 6) is 0.144. The zero-order valence-corrected chi connectivity index (χ0v) is 5.75. The average molecular weight is 130 g/mol. The first-order valence-electron chi connectivity index (χ1n) is 3.58. The van der Waals surface area contributed by atoms with Crippen molar-refractivity contribution in [1.29, 1.82) is 0 Å². The van der Waals surface area contributed by atoms with Gasteiger partial charge in [0.2, 0.25) is 0 Å². The highest BCUT2D eigenvalue weighted by Gasteiger charge is 2.28. The molecular weight excluding hydrogens is 116 g/mol. The molecule has 3 atom stereocenters. The monoisotopic (exact) mass is 130 g/mol. The third kappa shape index (κ3) is 1.43. The van der Waals surface area contributed by atoms with E-state index in [4.69, 9.17) is 5.11 Å². The second-order valence-electron chi connectivity index (χ2n) is 2.90. The minimum atomic E-state index is -0.331. The van der Waals surface area contributed by atoms with Crippen LogP contribution in [0.15, 0.2) is 0 Å². The maximum atomic E-state index is 9.20. The maximum Gasteiger partial charge on any atom is 0.0593 e.